The Hall–Kier alpha value is -7.00. The van der Waals surface area contributed by atoms with Crippen molar-refractivity contribution in [1.29, 1.82) is 0 Å². The summed E-state index contributed by atoms with van der Waals surface area (Å²) in [6.07, 6.45) is 7.59. The number of halogens is 2. The number of nitrogens with one attached hydrogen (secondary N) is 1. The molecule has 2 saturated heterocycles. The van der Waals surface area contributed by atoms with Crippen molar-refractivity contribution < 1.29 is 28.7 Å². The Morgan fingerprint density at radius 1 is 0.985 bits per heavy atom. The standard InChI is InChI=1S/C46H42Cl2N10O7/c1-26(2)57-39-37(45(62)58(34-22-31(48)25-53(3)44(34)61)38(39)27-9-11-30(47)12-10-27)52-41(57)33-21-29(23-50-42(33)64-4)43(60)54-17-13-32(14-18-54)65-20-6-8-28-7-5-16-55-36(24-49-40(28)55)56-19-15-35(59)51-46(56)63/h5,7,9-12,16,21-26,32,38H,13-15,17-20H2,1-4H3,(H,51,59,63)/t38-/m0/s1. The normalized spacial score (nSPS) is 16.6. The molecule has 0 radical (unpaired) electrons. The van der Waals surface area contributed by atoms with Crippen molar-refractivity contribution in [2.45, 2.75) is 51.3 Å². The average Bonchev–Trinajstić information content (AvgIpc) is 3.98. The van der Waals surface area contributed by atoms with Gasteiger partial charge < -0.3 is 23.5 Å². The van der Waals surface area contributed by atoms with Crippen LogP contribution in [0.4, 0.5) is 16.3 Å². The van der Waals surface area contributed by atoms with Gasteiger partial charge in [0.05, 0.1) is 46.8 Å². The van der Waals surface area contributed by atoms with Crippen LogP contribution in [0.1, 0.15) is 82.9 Å². The number of rotatable bonds is 9. The molecule has 0 bridgehead atoms. The molecular weight excluding hydrogens is 875 g/mol. The summed E-state index contributed by atoms with van der Waals surface area (Å²) in [5.74, 6) is 6.30. The second kappa shape index (κ2) is 17.5. The molecular formula is C46H42Cl2N10O7. The molecule has 8 heterocycles. The van der Waals surface area contributed by atoms with Crippen LogP contribution in [-0.4, -0.2) is 96.6 Å². The summed E-state index contributed by atoms with van der Waals surface area (Å²) in [6, 6.07) is 12.4. The maximum Gasteiger partial charge on any atom is 0.329 e. The van der Waals surface area contributed by atoms with E-state index in [9.17, 15) is 24.0 Å². The summed E-state index contributed by atoms with van der Waals surface area (Å²) in [5.41, 5.74) is 3.03. The van der Waals surface area contributed by atoms with Crippen LogP contribution in [0.3, 0.4) is 0 Å². The van der Waals surface area contributed by atoms with Gasteiger partial charge in [0.1, 0.15) is 30.0 Å². The number of likely N-dealkylation sites (tertiary alicyclic amines) is 1. The van der Waals surface area contributed by atoms with Crippen molar-refractivity contribution in [2.24, 2.45) is 7.05 Å². The number of carbonyl (C=O) groups is 4. The zero-order chi connectivity index (χ0) is 45.7. The predicted molar refractivity (Wildman–Crippen MR) is 242 cm³/mol. The molecule has 1 N–H and O–H groups in total. The van der Waals surface area contributed by atoms with Gasteiger partial charge in [0.2, 0.25) is 11.8 Å². The number of piperidine rings is 1. The van der Waals surface area contributed by atoms with E-state index in [1.165, 1.54) is 39.9 Å². The monoisotopic (exact) mass is 916 g/mol. The molecule has 0 unspecified atom stereocenters. The van der Waals surface area contributed by atoms with Crippen molar-refractivity contribution in [2.75, 3.05) is 43.2 Å². The third-order valence-electron chi connectivity index (χ3n) is 11.7. The van der Waals surface area contributed by atoms with E-state index < -0.39 is 23.5 Å². The van der Waals surface area contributed by atoms with E-state index in [0.717, 1.165) is 0 Å². The topological polar surface area (TPSA) is 178 Å². The van der Waals surface area contributed by atoms with Gasteiger partial charge in [0, 0.05) is 62.8 Å². The highest BCUT2D eigenvalue weighted by Gasteiger charge is 2.46. The highest BCUT2D eigenvalue weighted by molar-refractivity contribution is 6.31. The number of urea groups is 1. The van der Waals surface area contributed by atoms with Gasteiger partial charge in [0.25, 0.3) is 17.4 Å². The van der Waals surface area contributed by atoms with Gasteiger partial charge in [-0.3, -0.25) is 38.7 Å². The minimum atomic E-state index is -0.785. The lowest BCUT2D eigenvalue weighted by atomic mass is 10.0. The number of anilines is 2. The molecule has 19 heteroatoms. The number of ether oxygens (including phenoxy) is 2. The van der Waals surface area contributed by atoms with Crippen LogP contribution >= 0.6 is 23.2 Å². The number of imidazole rings is 2. The molecule has 2 fully saturated rings. The van der Waals surface area contributed by atoms with Gasteiger partial charge in [-0.2, -0.15) is 0 Å². The summed E-state index contributed by atoms with van der Waals surface area (Å²) < 4.78 is 16.9. The number of aromatic nitrogens is 6. The Labute approximate surface area is 382 Å². The summed E-state index contributed by atoms with van der Waals surface area (Å²) >= 11 is 12.7. The third kappa shape index (κ3) is 7.98. The molecule has 0 aliphatic carbocycles. The van der Waals surface area contributed by atoms with Gasteiger partial charge in [-0.1, -0.05) is 47.2 Å². The van der Waals surface area contributed by atoms with Crippen LogP contribution in [0.5, 0.6) is 5.88 Å². The fourth-order valence-corrected chi connectivity index (χ4v) is 9.00. The fourth-order valence-electron chi connectivity index (χ4n) is 8.63. The molecule has 0 spiro atoms. The van der Waals surface area contributed by atoms with E-state index in [2.05, 4.69) is 27.1 Å². The van der Waals surface area contributed by atoms with E-state index in [4.69, 9.17) is 37.7 Å². The molecule has 17 nitrogen and oxygen atoms in total. The lowest BCUT2D eigenvalue weighted by Gasteiger charge is -2.31. The molecule has 5 aromatic heterocycles. The molecule has 5 amide bonds. The number of pyridine rings is 3. The minimum absolute atomic E-state index is 0.0965. The van der Waals surface area contributed by atoms with Crippen LogP contribution in [-0.2, 0) is 16.6 Å². The number of fused-ring (bicyclic) bond motifs is 2. The summed E-state index contributed by atoms with van der Waals surface area (Å²) in [4.78, 5) is 84.9. The largest absolute Gasteiger partial charge is 0.480 e. The highest BCUT2D eigenvalue weighted by Crippen LogP contribution is 2.45. The Balaban J connectivity index is 0.926. The van der Waals surface area contributed by atoms with Crippen LogP contribution < -0.4 is 25.4 Å². The zero-order valence-electron chi connectivity index (χ0n) is 35.7. The first-order valence-electron chi connectivity index (χ1n) is 20.9. The Kier molecular flexibility index (Phi) is 11.7. The van der Waals surface area contributed by atoms with Gasteiger partial charge >= 0.3 is 6.03 Å². The van der Waals surface area contributed by atoms with Crippen molar-refractivity contribution in [3.63, 3.8) is 0 Å². The number of aryl methyl sites for hydroxylation is 1. The smallest absolute Gasteiger partial charge is 0.329 e. The molecule has 9 rings (SSSR count). The van der Waals surface area contributed by atoms with E-state index in [1.54, 1.807) is 46.9 Å². The number of amides is 5. The lowest BCUT2D eigenvalue weighted by Crippen LogP contribution is -2.50. The number of carbonyl (C=O) groups excluding carboxylic acids is 4. The highest BCUT2D eigenvalue weighted by atomic mass is 35.5. The van der Waals surface area contributed by atoms with Crippen molar-refractivity contribution in [3.05, 3.63) is 122 Å². The first-order valence-corrected chi connectivity index (χ1v) is 21.7. The Bertz CT molecular complexity index is 3030. The Morgan fingerprint density at radius 2 is 1.75 bits per heavy atom. The van der Waals surface area contributed by atoms with E-state index >= 15 is 0 Å². The first-order chi connectivity index (χ1) is 31.3. The third-order valence-corrected chi connectivity index (χ3v) is 12.2. The van der Waals surface area contributed by atoms with Gasteiger partial charge in [0.15, 0.2) is 11.3 Å². The van der Waals surface area contributed by atoms with Crippen molar-refractivity contribution in [3.8, 4) is 29.1 Å². The summed E-state index contributed by atoms with van der Waals surface area (Å²) in [6.45, 7) is 5.22. The number of hydrogen-bond donors (Lipinski definition) is 1. The van der Waals surface area contributed by atoms with Crippen LogP contribution in [0.2, 0.25) is 10.0 Å². The number of imide groups is 1. The molecule has 1 aromatic carbocycles. The number of nitrogens with zero attached hydrogens (tertiary/aromatic N) is 9. The quantitative estimate of drug-likeness (QED) is 0.168. The van der Waals surface area contributed by atoms with Crippen LogP contribution in [0.25, 0.3) is 17.0 Å². The van der Waals surface area contributed by atoms with E-state index in [1.807, 2.05) is 42.7 Å². The first kappa shape index (κ1) is 43.3. The van der Waals surface area contributed by atoms with Crippen molar-refractivity contribution >= 4 is 64.1 Å². The summed E-state index contributed by atoms with van der Waals surface area (Å²) in [7, 11) is 3.05. The number of benzene rings is 1. The maximum absolute atomic E-state index is 14.6. The lowest BCUT2D eigenvalue weighted by molar-refractivity contribution is -0.120. The number of methoxy groups -OCH3 is 1. The molecule has 1 atom stereocenters. The van der Waals surface area contributed by atoms with E-state index in [0.29, 0.717) is 76.2 Å². The van der Waals surface area contributed by atoms with Crippen LogP contribution in [0, 0.1) is 11.8 Å². The second-order valence-electron chi connectivity index (χ2n) is 16.1. The minimum Gasteiger partial charge on any atom is -0.480 e. The second-order valence-corrected chi connectivity index (χ2v) is 17.0. The molecule has 3 aliphatic heterocycles. The van der Waals surface area contributed by atoms with Gasteiger partial charge in [-0.05, 0) is 68.7 Å². The van der Waals surface area contributed by atoms with Gasteiger partial charge in [-0.15, -0.1) is 0 Å². The van der Waals surface area contributed by atoms with Gasteiger partial charge in [-0.25, -0.2) is 19.7 Å². The van der Waals surface area contributed by atoms with Crippen molar-refractivity contribution in [1.82, 2.24) is 38.7 Å². The number of hydrogen-bond acceptors (Lipinski definition) is 10. The zero-order valence-corrected chi connectivity index (χ0v) is 37.3. The fraction of sp³-hybridized carbons (Fsp3) is 0.304. The molecule has 3 aliphatic rings. The maximum atomic E-state index is 14.6. The van der Waals surface area contributed by atoms with Crippen LogP contribution in [0.15, 0.2) is 78.1 Å². The average molecular weight is 918 g/mol. The molecule has 0 saturated carbocycles. The Morgan fingerprint density at radius 3 is 2.48 bits per heavy atom. The predicted octanol–water partition coefficient (Wildman–Crippen LogP) is 6.06. The molecule has 6 aromatic rings. The summed E-state index contributed by atoms with van der Waals surface area (Å²) in [5, 5.41) is 3.12. The molecule has 65 heavy (non-hydrogen) atoms. The van der Waals surface area contributed by atoms with E-state index in [-0.39, 0.29) is 65.8 Å². The molecule has 332 valence electrons. The SMILES string of the molecule is COc1ncc(C(=O)N2CCC(OCC#Cc3cccn4c(N5CCC(=O)NC5=O)cnc34)CC2)cc1-c1nc2c(n1C(C)C)[C@H](c1ccc(Cl)cc1)N(c1cc(Cl)cn(C)c1=O)C2=O.